The molecule has 5 heteroatoms. The lowest BCUT2D eigenvalue weighted by atomic mass is 9.93. The zero-order valence-electron chi connectivity index (χ0n) is 12.1. The molecule has 21 heavy (non-hydrogen) atoms. The van der Waals surface area contributed by atoms with Crippen molar-refractivity contribution in [3.63, 3.8) is 0 Å². The highest BCUT2D eigenvalue weighted by Gasteiger charge is 2.49. The maximum atomic E-state index is 12.4. The van der Waals surface area contributed by atoms with Gasteiger partial charge in [-0.25, -0.2) is 4.98 Å². The summed E-state index contributed by atoms with van der Waals surface area (Å²) in [5.41, 5.74) is 2.41. The van der Waals surface area contributed by atoms with Crippen LogP contribution < -0.4 is 0 Å². The highest BCUT2D eigenvalue weighted by atomic mass is 16.3. The molecule has 1 amide bonds. The molecule has 1 aliphatic heterocycles. The maximum absolute atomic E-state index is 12.4. The van der Waals surface area contributed by atoms with E-state index in [0.29, 0.717) is 17.7 Å². The number of hydrogen-bond donors (Lipinski definition) is 0. The Hall–Kier alpha value is -2.04. The molecule has 0 spiro atoms. The molecule has 2 aromatic rings. The topological polar surface area (TPSA) is 51.3 Å². The van der Waals surface area contributed by atoms with Crippen LogP contribution >= 0.6 is 0 Å². The molecular weight excluding hydrogens is 266 g/mol. The lowest BCUT2D eigenvalue weighted by molar-refractivity contribution is -0.139. The summed E-state index contributed by atoms with van der Waals surface area (Å²) in [7, 11) is 1.99. The van der Waals surface area contributed by atoms with Crippen molar-refractivity contribution in [2.24, 2.45) is 18.9 Å². The van der Waals surface area contributed by atoms with E-state index in [4.69, 9.17) is 4.42 Å². The molecule has 2 aliphatic rings. The summed E-state index contributed by atoms with van der Waals surface area (Å²) >= 11 is 0. The molecule has 2 atom stereocenters. The van der Waals surface area contributed by atoms with Crippen molar-refractivity contribution in [2.45, 2.75) is 18.8 Å². The van der Waals surface area contributed by atoms with Gasteiger partial charge in [-0.1, -0.05) is 0 Å². The molecule has 1 aliphatic carbocycles. The summed E-state index contributed by atoms with van der Waals surface area (Å²) in [5.74, 6) is 1.46. The van der Waals surface area contributed by atoms with E-state index in [-0.39, 0.29) is 5.92 Å². The van der Waals surface area contributed by atoms with E-state index in [0.717, 1.165) is 25.9 Å². The van der Waals surface area contributed by atoms with Crippen LogP contribution in [-0.4, -0.2) is 33.4 Å². The lowest BCUT2D eigenvalue weighted by Crippen LogP contribution is -2.51. The van der Waals surface area contributed by atoms with Crippen LogP contribution in [0.1, 0.15) is 23.6 Å². The summed E-state index contributed by atoms with van der Waals surface area (Å²) in [6.45, 7) is 1.78. The van der Waals surface area contributed by atoms with Crippen LogP contribution in [0.4, 0.5) is 0 Å². The molecule has 110 valence electrons. The smallest absolute Gasteiger partial charge is 0.226 e. The van der Waals surface area contributed by atoms with Gasteiger partial charge in [0, 0.05) is 43.9 Å². The van der Waals surface area contributed by atoms with Crippen molar-refractivity contribution < 1.29 is 9.21 Å². The minimum Gasteiger partial charge on any atom is -0.472 e. The number of hydrogen-bond acceptors (Lipinski definition) is 3. The van der Waals surface area contributed by atoms with Gasteiger partial charge in [-0.2, -0.15) is 0 Å². The van der Waals surface area contributed by atoms with E-state index in [1.54, 1.807) is 18.9 Å². The average Bonchev–Trinajstić information content (AvgIpc) is 2.82. The largest absolute Gasteiger partial charge is 0.472 e. The van der Waals surface area contributed by atoms with Gasteiger partial charge < -0.3 is 13.9 Å². The Bertz CT molecular complexity index is 640. The van der Waals surface area contributed by atoms with Crippen molar-refractivity contribution in [2.75, 3.05) is 13.1 Å². The first-order chi connectivity index (χ1) is 10.2. The molecule has 3 heterocycles. The molecule has 1 saturated heterocycles. The van der Waals surface area contributed by atoms with Crippen LogP contribution in [-0.2, 0) is 18.3 Å². The van der Waals surface area contributed by atoms with Gasteiger partial charge in [0.1, 0.15) is 0 Å². The number of carbonyl (C=O) groups is 1. The van der Waals surface area contributed by atoms with Gasteiger partial charge in [-0.15, -0.1) is 0 Å². The van der Waals surface area contributed by atoms with Gasteiger partial charge in [-0.3, -0.25) is 4.79 Å². The molecule has 0 radical (unpaired) electrons. The predicted molar refractivity (Wildman–Crippen MR) is 76.5 cm³/mol. The number of nitrogens with zero attached hydrogens (tertiary/aromatic N) is 3. The molecule has 1 saturated carbocycles. The Morgan fingerprint density at radius 2 is 2.33 bits per heavy atom. The van der Waals surface area contributed by atoms with E-state index in [2.05, 4.69) is 4.98 Å². The van der Waals surface area contributed by atoms with Crippen molar-refractivity contribution in [1.82, 2.24) is 14.5 Å². The number of furan rings is 1. The lowest BCUT2D eigenvalue weighted by Gasteiger charge is -2.39. The van der Waals surface area contributed by atoms with Crippen LogP contribution in [0.15, 0.2) is 35.5 Å². The van der Waals surface area contributed by atoms with Gasteiger partial charge in [0.15, 0.2) is 0 Å². The van der Waals surface area contributed by atoms with Gasteiger partial charge in [0.05, 0.1) is 18.9 Å². The summed E-state index contributed by atoms with van der Waals surface area (Å²) < 4.78 is 7.11. The number of carbonyl (C=O) groups excluding carboxylic acids is 1. The van der Waals surface area contributed by atoms with Crippen LogP contribution in [0.3, 0.4) is 0 Å². The Balaban J connectivity index is 1.29. The van der Waals surface area contributed by atoms with E-state index >= 15 is 0 Å². The highest BCUT2D eigenvalue weighted by Crippen LogP contribution is 2.48. The number of amides is 1. The quantitative estimate of drug-likeness (QED) is 0.861. The number of imidazole rings is 1. The zero-order chi connectivity index (χ0) is 14.4. The average molecular weight is 285 g/mol. The maximum Gasteiger partial charge on any atom is 0.226 e. The molecule has 0 unspecified atom stereocenters. The third-order valence-electron chi connectivity index (χ3n) is 4.71. The molecule has 2 fully saturated rings. The Morgan fingerprint density at radius 3 is 3.00 bits per heavy atom. The predicted octanol–water partition coefficient (Wildman–Crippen LogP) is 1.82. The fourth-order valence-corrected chi connectivity index (χ4v) is 3.38. The van der Waals surface area contributed by atoms with Crippen LogP contribution in [0, 0.1) is 11.8 Å². The van der Waals surface area contributed by atoms with E-state index in [1.165, 1.54) is 11.3 Å². The van der Waals surface area contributed by atoms with Crippen molar-refractivity contribution in [3.05, 3.63) is 42.4 Å². The second-order valence-electron chi connectivity index (χ2n) is 6.32. The van der Waals surface area contributed by atoms with Gasteiger partial charge in [0.25, 0.3) is 0 Å². The monoisotopic (exact) mass is 285 g/mol. The third-order valence-corrected chi connectivity index (χ3v) is 4.71. The number of aryl methyl sites for hydroxylation is 1. The Labute approximate surface area is 123 Å². The van der Waals surface area contributed by atoms with Crippen molar-refractivity contribution >= 4 is 5.91 Å². The molecule has 5 nitrogen and oxygen atoms in total. The molecular formula is C16H19N3O2. The fraction of sp³-hybridized carbons (Fsp3) is 0.500. The van der Waals surface area contributed by atoms with Crippen molar-refractivity contribution in [1.29, 1.82) is 0 Å². The number of aromatic nitrogens is 2. The Kier molecular flexibility index (Phi) is 2.87. The van der Waals surface area contributed by atoms with E-state index < -0.39 is 0 Å². The molecule has 0 aromatic carbocycles. The van der Waals surface area contributed by atoms with Gasteiger partial charge >= 0.3 is 0 Å². The fourth-order valence-electron chi connectivity index (χ4n) is 3.38. The first-order valence-corrected chi connectivity index (χ1v) is 7.48. The Morgan fingerprint density at radius 1 is 1.48 bits per heavy atom. The second-order valence-corrected chi connectivity index (χ2v) is 6.32. The van der Waals surface area contributed by atoms with Crippen molar-refractivity contribution in [3.8, 4) is 0 Å². The highest BCUT2D eigenvalue weighted by molar-refractivity contribution is 5.83. The summed E-state index contributed by atoms with van der Waals surface area (Å²) in [6, 6.07) is 2.00. The first kappa shape index (κ1) is 12.7. The van der Waals surface area contributed by atoms with E-state index in [1.807, 2.05) is 28.8 Å². The number of likely N-dealkylation sites (tertiary alicyclic amines) is 1. The second kappa shape index (κ2) is 4.76. The number of rotatable bonds is 4. The standard InChI is InChI=1S/C16H19N3O2/c1-18-10-17-6-15(18)13-5-14(13)16(20)19-7-12(8-19)4-11-2-3-21-9-11/h2-3,6,9-10,12-14H,4-5,7-8H2,1H3/t13-,14-/m1/s1. The van der Waals surface area contributed by atoms with Crippen LogP contribution in [0.25, 0.3) is 0 Å². The van der Waals surface area contributed by atoms with Gasteiger partial charge in [0.2, 0.25) is 5.91 Å². The molecule has 2 aromatic heterocycles. The van der Waals surface area contributed by atoms with Crippen LogP contribution in [0.2, 0.25) is 0 Å². The van der Waals surface area contributed by atoms with Crippen LogP contribution in [0.5, 0.6) is 0 Å². The third kappa shape index (κ3) is 2.26. The minimum atomic E-state index is 0.176. The SMILES string of the molecule is Cn1cncc1[C@@H]1C[C@H]1C(=O)N1CC(Cc2ccoc2)C1. The molecule has 4 rings (SSSR count). The first-order valence-electron chi connectivity index (χ1n) is 7.48. The minimum absolute atomic E-state index is 0.176. The van der Waals surface area contributed by atoms with Gasteiger partial charge in [-0.05, 0) is 30.4 Å². The summed E-state index contributed by atoms with van der Waals surface area (Å²) in [5, 5.41) is 0. The summed E-state index contributed by atoms with van der Waals surface area (Å²) in [4.78, 5) is 18.6. The van der Waals surface area contributed by atoms with E-state index in [9.17, 15) is 4.79 Å². The molecule has 0 bridgehead atoms. The molecule has 0 N–H and O–H groups in total. The zero-order valence-corrected chi connectivity index (χ0v) is 12.1. The summed E-state index contributed by atoms with van der Waals surface area (Å²) in [6.07, 6.45) is 9.18. The normalized spacial score (nSPS) is 24.9.